The minimum atomic E-state index is -0.487. The van der Waals surface area contributed by atoms with Gasteiger partial charge in [0.25, 0.3) is 5.91 Å². The fourth-order valence-electron chi connectivity index (χ4n) is 2.54. The number of halogens is 1. The van der Waals surface area contributed by atoms with Crippen LogP contribution in [0.3, 0.4) is 0 Å². The lowest BCUT2D eigenvalue weighted by Crippen LogP contribution is -2.23. The van der Waals surface area contributed by atoms with Crippen LogP contribution in [0.25, 0.3) is 11.0 Å². The van der Waals surface area contributed by atoms with E-state index >= 15 is 0 Å². The highest BCUT2D eigenvalue weighted by atomic mass is 19.1. The Bertz CT molecular complexity index is 1110. The highest BCUT2D eigenvalue weighted by molar-refractivity contribution is 5.97. The van der Waals surface area contributed by atoms with E-state index in [0.29, 0.717) is 22.2 Å². The number of nitrogens with zero attached hydrogens (tertiary/aromatic N) is 3. The summed E-state index contributed by atoms with van der Waals surface area (Å²) < 4.78 is 19.4. The molecule has 2 N–H and O–H groups in total. The van der Waals surface area contributed by atoms with Crippen LogP contribution in [-0.4, -0.2) is 26.3 Å². The van der Waals surface area contributed by atoms with E-state index in [-0.39, 0.29) is 24.1 Å². The van der Waals surface area contributed by atoms with Crippen molar-refractivity contribution in [2.45, 2.75) is 6.54 Å². The van der Waals surface area contributed by atoms with Gasteiger partial charge in [0, 0.05) is 23.9 Å². The van der Waals surface area contributed by atoms with Crippen molar-refractivity contribution >= 4 is 16.9 Å². The van der Waals surface area contributed by atoms with Crippen molar-refractivity contribution in [3.05, 3.63) is 77.7 Å². The predicted octanol–water partition coefficient (Wildman–Crippen LogP) is 3.21. The van der Waals surface area contributed by atoms with Gasteiger partial charge in [-0.05, 0) is 36.4 Å². The number of nitrogens with one attached hydrogen (secondary N) is 2. The molecule has 1 amide bonds. The van der Waals surface area contributed by atoms with Crippen molar-refractivity contribution in [2.75, 3.05) is 0 Å². The maximum absolute atomic E-state index is 13.8. The number of fused-ring (bicyclic) bond motifs is 1. The van der Waals surface area contributed by atoms with Gasteiger partial charge in [-0.15, -0.1) is 0 Å². The monoisotopic (exact) mass is 363 g/mol. The lowest BCUT2D eigenvalue weighted by atomic mass is 10.2. The Balaban J connectivity index is 1.49. The molecule has 2 aromatic carbocycles. The maximum Gasteiger partial charge on any atom is 0.251 e. The van der Waals surface area contributed by atoms with Gasteiger partial charge in [0.15, 0.2) is 11.6 Å². The molecule has 0 fully saturated rings. The van der Waals surface area contributed by atoms with Gasteiger partial charge in [-0.3, -0.25) is 4.79 Å². The summed E-state index contributed by atoms with van der Waals surface area (Å²) in [5, 5.41) is 13.2. The summed E-state index contributed by atoms with van der Waals surface area (Å²) >= 11 is 0. The number of carbonyl (C=O) groups is 1. The number of aromatic amines is 1. The van der Waals surface area contributed by atoms with Crippen LogP contribution in [0.5, 0.6) is 11.6 Å². The first-order valence-electron chi connectivity index (χ1n) is 8.16. The summed E-state index contributed by atoms with van der Waals surface area (Å²) in [6.07, 6.45) is 1.54. The Morgan fingerprint density at radius 1 is 1.07 bits per heavy atom. The molecule has 0 aliphatic heterocycles. The zero-order valence-corrected chi connectivity index (χ0v) is 14.0. The summed E-state index contributed by atoms with van der Waals surface area (Å²) in [5.41, 5.74) is 2.36. The Hall–Kier alpha value is -3.81. The molecule has 4 rings (SSSR count). The summed E-state index contributed by atoms with van der Waals surface area (Å²) in [6.45, 7) is 0.174. The number of ether oxygens (including phenoxy) is 1. The smallest absolute Gasteiger partial charge is 0.251 e. The molecule has 0 atom stereocenters. The number of hydrogen-bond acceptors (Lipinski definition) is 5. The topological polar surface area (TPSA) is 92.8 Å². The molecule has 4 aromatic rings. The van der Waals surface area contributed by atoms with Gasteiger partial charge in [0.2, 0.25) is 5.88 Å². The van der Waals surface area contributed by atoms with Crippen LogP contribution in [0.2, 0.25) is 0 Å². The van der Waals surface area contributed by atoms with Crippen molar-refractivity contribution < 1.29 is 13.9 Å². The Kier molecular flexibility index (Phi) is 4.44. The van der Waals surface area contributed by atoms with Crippen molar-refractivity contribution in [1.82, 2.24) is 25.7 Å². The van der Waals surface area contributed by atoms with Crippen molar-refractivity contribution in [3.63, 3.8) is 0 Å². The Labute approximate surface area is 153 Å². The third kappa shape index (κ3) is 3.59. The zero-order valence-electron chi connectivity index (χ0n) is 14.0. The number of rotatable bonds is 5. The fraction of sp³-hybridized carbons (Fsp3) is 0.0526. The van der Waals surface area contributed by atoms with Crippen molar-refractivity contribution in [3.8, 4) is 11.6 Å². The van der Waals surface area contributed by atoms with Gasteiger partial charge in [-0.1, -0.05) is 18.2 Å². The minimum absolute atomic E-state index is 0.0697. The van der Waals surface area contributed by atoms with E-state index in [1.165, 1.54) is 12.1 Å². The standard InChI is InChI=1S/C19H14FN5O2/c20-14-5-1-2-6-17(14)27-19-13(4-3-9-21-19)11-22-18(26)12-7-8-15-16(10-12)24-25-23-15/h1-10H,11H2,(H,22,26)(H,23,24,25). The second kappa shape index (κ2) is 7.20. The highest BCUT2D eigenvalue weighted by Crippen LogP contribution is 2.25. The molecule has 134 valence electrons. The van der Waals surface area contributed by atoms with Crippen LogP contribution in [0.4, 0.5) is 4.39 Å². The number of carbonyl (C=O) groups excluding carboxylic acids is 1. The van der Waals surface area contributed by atoms with Gasteiger partial charge in [0.05, 0.1) is 0 Å². The van der Waals surface area contributed by atoms with Gasteiger partial charge >= 0.3 is 0 Å². The number of benzene rings is 2. The molecule has 8 heteroatoms. The molecule has 2 heterocycles. The van der Waals surface area contributed by atoms with Gasteiger partial charge in [-0.25, -0.2) is 9.37 Å². The number of amides is 1. The van der Waals surface area contributed by atoms with E-state index < -0.39 is 5.82 Å². The average molecular weight is 363 g/mol. The van der Waals surface area contributed by atoms with Gasteiger partial charge in [0.1, 0.15) is 11.0 Å². The van der Waals surface area contributed by atoms with Crippen LogP contribution >= 0.6 is 0 Å². The summed E-state index contributed by atoms with van der Waals surface area (Å²) in [7, 11) is 0. The van der Waals surface area contributed by atoms with E-state index in [9.17, 15) is 9.18 Å². The van der Waals surface area contributed by atoms with Crippen LogP contribution < -0.4 is 10.1 Å². The highest BCUT2D eigenvalue weighted by Gasteiger charge is 2.12. The summed E-state index contributed by atoms with van der Waals surface area (Å²) in [6, 6.07) is 14.6. The molecule has 0 saturated carbocycles. The first-order valence-corrected chi connectivity index (χ1v) is 8.16. The molecule has 0 aliphatic carbocycles. The lowest BCUT2D eigenvalue weighted by molar-refractivity contribution is 0.0951. The third-order valence-electron chi connectivity index (χ3n) is 3.91. The summed E-state index contributed by atoms with van der Waals surface area (Å²) in [5.74, 6) is -0.463. The van der Waals surface area contributed by atoms with Crippen LogP contribution in [0.1, 0.15) is 15.9 Å². The molecule has 0 unspecified atom stereocenters. The number of pyridine rings is 1. The van der Waals surface area contributed by atoms with Gasteiger partial charge in [-0.2, -0.15) is 15.4 Å². The van der Waals surface area contributed by atoms with E-state index in [4.69, 9.17) is 4.74 Å². The Morgan fingerprint density at radius 2 is 1.93 bits per heavy atom. The lowest BCUT2D eigenvalue weighted by Gasteiger charge is -2.11. The molecular formula is C19H14FN5O2. The summed E-state index contributed by atoms with van der Waals surface area (Å²) in [4.78, 5) is 16.6. The first kappa shape index (κ1) is 16.6. The van der Waals surface area contributed by atoms with E-state index in [2.05, 4.69) is 25.7 Å². The second-order valence-electron chi connectivity index (χ2n) is 5.71. The second-order valence-corrected chi connectivity index (χ2v) is 5.71. The molecule has 2 aromatic heterocycles. The maximum atomic E-state index is 13.8. The minimum Gasteiger partial charge on any atom is -0.436 e. The molecule has 0 bridgehead atoms. The van der Waals surface area contributed by atoms with Crippen LogP contribution in [0.15, 0.2) is 60.8 Å². The van der Waals surface area contributed by atoms with E-state index in [0.717, 1.165) is 0 Å². The number of H-pyrrole nitrogens is 1. The molecule has 0 aliphatic rings. The quantitative estimate of drug-likeness (QED) is 0.568. The predicted molar refractivity (Wildman–Crippen MR) is 95.8 cm³/mol. The normalized spacial score (nSPS) is 10.7. The number of para-hydroxylation sites is 1. The Morgan fingerprint density at radius 3 is 2.81 bits per heavy atom. The molecule has 0 spiro atoms. The molecule has 0 radical (unpaired) electrons. The van der Waals surface area contributed by atoms with Crippen molar-refractivity contribution in [2.24, 2.45) is 0 Å². The average Bonchev–Trinajstić information content (AvgIpc) is 3.16. The van der Waals surface area contributed by atoms with Crippen LogP contribution in [0, 0.1) is 5.82 Å². The number of aromatic nitrogens is 4. The largest absolute Gasteiger partial charge is 0.436 e. The molecule has 0 saturated heterocycles. The van der Waals surface area contributed by atoms with Gasteiger partial charge < -0.3 is 10.1 Å². The fourth-order valence-corrected chi connectivity index (χ4v) is 2.54. The van der Waals surface area contributed by atoms with Crippen molar-refractivity contribution in [1.29, 1.82) is 0 Å². The van der Waals surface area contributed by atoms with Crippen LogP contribution in [-0.2, 0) is 6.54 Å². The molecule has 7 nitrogen and oxygen atoms in total. The SMILES string of the molecule is O=C(NCc1cccnc1Oc1ccccc1F)c1ccc2n[nH]nc2c1. The van der Waals surface area contributed by atoms with E-state index in [1.807, 2.05) is 0 Å². The zero-order chi connectivity index (χ0) is 18.6. The third-order valence-corrected chi connectivity index (χ3v) is 3.91. The molecule has 27 heavy (non-hydrogen) atoms. The first-order chi connectivity index (χ1) is 13.2. The number of hydrogen-bond donors (Lipinski definition) is 2. The molecular weight excluding hydrogens is 349 g/mol. The van der Waals surface area contributed by atoms with E-state index in [1.54, 1.807) is 48.7 Å².